The van der Waals surface area contributed by atoms with Crippen LogP contribution >= 0.6 is 0 Å². The molecule has 1 N–H and O–H groups in total. The highest BCUT2D eigenvalue weighted by Crippen LogP contribution is 2.11. The molecule has 2 heterocycles. The molecule has 0 fully saturated rings. The molecule has 0 bridgehead atoms. The van der Waals surface area contributed by atoms with Crippen molar-refractivity contribution in [2.45, 2.75) is 27.2 Å². The quantitative estimate of drug-likeness (QED) is 0.847. The number of carbonyl (C=O) groups excluding carboxylic acids is 2. The van der Waals surface area contributed by atoms with Crippen LogP contribution in [0.1, 0.15) is 36.6 Å². The van der Waals surface area contributed by atoms with Crippen molar-refractivity contribution in [3.05, 3.63) is 36.0 Å². The van der Waals surface area contributed by atoms with E-state index in [1.165, 1.54) is 11.2 Å². The lowest BCUT2D eigenvalue weighted by Gasteiger charge is -2.21. The number of aromatic nitrogens is 1. The molecular formula is C16H21N3O4. The minimum Gasteiger partial charge on any atom is -0.459 e. The van der Waals surface area contributed by atoms with E-state index in [2.05, 4.69) is 24.3 Å². The van der Waals surface area contributed by atoms with Crippen molar-refractivity contribution in [2.24, 2.45) is 5.92 Å². The van der Waals surface area contributed by atoms with Crippen LogP contribution < -0.4 is 5.32 Å². The van der Waals surface area contributed by atoms with Gasteiger partial charge < -0.3 is 19.2 Å². The molecule has 0 saturated carbocycles. The first-order valence-corrected chi connectivity index (χ1v) is 7.51. The summed E-state index contributed by atoms with van der Waals surface area (Å²) in [4.78, 5) is 26.0. The van der Waals surface area contributed by atoms with Crippen molar-refractivity contribution >= 4 is 17.6 Å². The molecule has 0 saturated heterocycles. The first kappa shape index (κ1) is 16.8. The van der Waals surface area contributed by atoms with Crippen LogP contribution in [0.25, 0.3) is 0 Å². The second-order valence-electron chi connectivity index (χ2n) is 5.76. The molecular weight excluding hydrogens is 298 g/mol. The molecule has 0 aromatic carbocycles. The summed E-state index contributed by atoms with van der Waals surface area (Å²) in [5.74, 6) is 0.941. The van der Waals surface area contributed by atoms with Gasteiger partial charge in [0.2, 0.25) is 5.91 Å². The Bertz CT molecular complexity index is 646. The summed E-state index contributed by atoms with van der Waals surface area (Å²) in [5.41, 5.74) is 0. The normalized spacial score (nSPS) is 10.8. The first-order valence-electron chi connectivity index (χ1n) is 7.51. The van der Waals surface area contributed by atoms with E-state index in [0.717, 1.165) is 6.42 Å². The van der Waals surface area contributed by atoms with Crippen LogP contribution in [0.5, 0.6) is 0 Å². The third kappa shape index (κ3) is 4.98. The van der Waals surface area contributed by atoms with Crippen molar-refractivity contribution in [2.75, 3.05) is 18.4 Å². The van der Waals surface area contributed by atoms with Gasteiger partial charge in [-0.2, -0.15) is 0 Å². The minimum atomic E-state index is -0.332. The van der Waals surface area contributed by atoms with Crippen LogP contribution in [0.4, 0.5) is 5.82 Å². The predicted octanol–water partition coefficient (Wildman–Crippen LogP) is 2.70. The summed E-state index contributed by atoms with van der Waals surface area (Å²) in [6, 6.07) is 4.85. The summed E-state index contributed by atoms with van der Waals surface area (Å²) in [6.07, 6.45) is 2.23. The molecule has 0 unspecified atom stereocenters. The predicted molar refractivity (Wildman–Crippen MR) is 83.9 cm³/mol. The van der Waals surface area contributed by atoms with E-state index in [9.17, 15) is 9.59 Å². The molecule has 0 radical (unpaired) electrons. The van der Waals surface area contributed by atoms with Gasteiger partial charge in [-0.25, -0.2) is 0 Å². The van der Waals surface area contributed by atoms with Gasteiger partial charge in [-0.05, 0) is 31.4 Å². The molecule has 124 valence electrons. The topological polar surface area (TPSA) is 88.6 Å². The largest absolute Gasteiger partial charge is 0.459 e. The second kappa shape index (κ2) is 7.62. The number of aryl methyl sites for hydroxylation is 1. The average molecular weight is 319 g/mol. The van der Waals surface area contributed by atoms with Crippen molar-refractivity contribution in [3.8, 4) is 0 Å². The summed E-state index contributed by atoms with van der Waals surface area (Å²) >= 11 is 0. The van der Waals surface area contributed by atoms with Crippen LogP contribution in [-0.4, -0.2) is 35.0 Å². The van der Waals surface area contributed by atoms with Gasteiger partial charge in [-0.3, -0.25) is 9.59 Å². The second-order valence-corrected chi connectivity index (χ2v) is 5.76. The minimum absolute atomic E-state index is 0.0713. The van der Waals surface area contributed by atoms with Crippen molar-refractivity contribution < 1.29 is 18.5 Å². The maximum atomic E-state index is 12.4. The number of carbonyl (C=O) groups is 2. The smallest absolute Gasteiger partial charge is 0.290 e. The number of hydrogen-bond donors (Lipinski definition) is 1. The third-order valence-corrected chi connectivity index (χ3v) is 3.23. The standard InChI is InChI=1S/C16H21N3O4/c1-11(2)6-7-19(16(21)13-5-4-8-22-13)10-15(20)17-14-9-12(3)23-18-14/h4-5,8-9,11H,6-7,10H2,1-3H3,(H,17,18,20). The fraction of sp³-hybridized carbons (Fsp3) is 0.438. The van der Waals surface area contributed by atoms with Crippen LogP contribution in [-0.2, 0) is 4.79 Å². The van der Waals surface area contributed by atoms with Crippen molar-refractivity contribution in [1.29, 1.82) is 0 Å². The maximum absolute atomic E-state index is 12.4. The Kier molecular flexibility index (Phi) is 5.56. The molecule has 2 aromatic rings. The van der Waals surface area contributed by atoms with E-state index in [-0.39, 0.29) is 24.1 Å². The Morgan fingerprint density at radius 2 is 2.17 bits per heavy atom. The SMILES string of the molecule is Cc1cc(NC(=O)CN(CCC(C)C)C(=O)c2ccco2)no1. The Labute approximate surface area is 134 Å². The van der Waals surface area contributed by atoms with Crippen LogP contribution in [0.15, 0.2) is 33.4 Å². The molecule has 2 amide bonds. The van der Waals surface area contributed by atoms with Gasteiger partial charge in [0.05, 0.1) is 6.26 Å². The lowest BCUT2D eigenvalue weighted by Crippen LogP contribution is -2.39. The summed E-state index contributed by atoms with van der Waals surface area (Å²) in [7, 11) is 0. The lowest BCUT2D eigenvalue weighted by atomic mass is 10.1. The van der Waals surface area contributed by atoms with Crippen LogP contribution in [0, 0.1) is 12.8 Å². The van der Waals surface area contributed by atoms with E-state index in [1.54, 1.807) is 25.1 Å². The Morgan fingerprint density at radius 1 is 1.39 bits per heavy atom. The van der Waals surface area contributed by atoms with Gasteiger partial charge in [0.25, 0.3) is 5.91 Å². The first-order chi connectivity index (χ1) is 11.0. The van der Waals surface area contributed by atoms with Crippen molar-refractivity contribution in [1.82, 2.24) is 10.1 Å². The van der Waals surface area contributed by atoms with Crippen LogP contribution in [0.3, 0.4) is 0 Å². The molecule has 23 heavy (non-hydrogen) atoms. The fourth-order valence-corrected chi connectivity index (χ4v) is 2.00. The van der Waals surface area contributed by atoms with Gasteiger partial charge in [0.15, 0.2) is 11.6 Å². The number of nitrogens with zero attached hydrogens (tertiary/aromatic N) is 2. The van der Waals surface area contributed by atoms with Crippen LogP contribution in [0.2, 0.25) is 0 Å². The zero-order valence-corrected chi connectivity index (χ0v) is 13.5. The summed E-state index contributed by atoms with van der Waals surface area (Å²) in [6.45, 7) is 6.26. The molecule has 7 nitrogen and oxygen atoms in total. The molecule has 0 aliphatic heterocycles. The van der Waals surface area contributed by atoms with E-state index in [1.807, 2.05) is 0 Å². The Hall–Kier alpha value is -2.57. The third-order valence-electron chi connectivity index (χ3n) is 3.23. The zero-order chi connectivity index (χ0) is 16.8. The summed E-state index contributed by atoms with van der Waals surface area (Å²) < 4.78 is 10.0. The van der Waals surface area contributed by atoms with Gasteiger partial charge in [0, 0.05) is 12.6 Å². The average Bonchev–Trinajstić information content (AvgIpc) is 3.14. The number of hydrogen-bond acceptors (Lipinski definition) is 5. The van der Waals surface area contributed by atoms with Gasteiger partial charge in [-0.15, -0.1) is 0 Å². The highest BCUT2D eigenvalue weighted by atomic mass is 16.5. The Balaban J connectivity index is 2.01. The molecule has 0 aliphatic carbocycles. The number of furan rings is 1. The van der Waals surface area contributed by atoms with Crippen molar-refractivity contribution in [3.63, 3.8) is 0 Å². The van der Waals surface area contributed by atoms with E-state index >= 15 is 0 Å². The molecule has 7 heteroatoms. The van der Waals surface area contributed by atoms with Gasteiger partial charge in [-0.1, -0.05) is 19.0 Å². The van der Waals surface area contributed by atoms with E-state index in [0.29, 0.717) is 24.0 Å². The molecule has 0 atom stereocenters. The van der Waals surface area contributed by atoms with E-state index in [4.69, 9.17) is 8.94 Å². The Morgan fingerprint density at radius 3 is 2.74 bits per heavy atom. The number of amides is 2. The number of rotatable bonds is 7. The lowest BCUT2D eigenvalue weighted by molar-refractivity contribution is -0.117. The zero-order valence-electron chi connectivity index (χ0n) is 13.5. The molecule has 0 aliphatic rings. The fourth-order valence-electron chi connectivity index (χ4n) is 2.00. The summed E-state index contributed by atoms with van der Waals surface area (Å²) in [5, 5.41) is 6.32. The number of anilines is 1. The molecule has 0 spiro atoms. The molecule has 2 rings (SSSR count). The van der Waals surface area contributed by atoms with Gasteiger partial charge >= 0.3 is 0 Å². The maximum Gasteiger partial charge on any atom is 0.290 e. The van der Waals surface area contributed by atoms with Gasteiger partial charge in [0.1, 0.15) is 12.3 Å². The highest BCUT2D eigenvalue weighted by Gasteiger charge is 2.21. The number of nitrogens with one attached hydrogen (secondary N) is 1. The monoisotopic (exact) mass is 319 g/mol. The molecule has 2 aromatic heterocycles. The van der Waals surface area contributed by atoms with E-state index < -0.39 is 0 Å². The highest BCUT2D eigenvalue weighted by molar-refractivity contribution is 5.97.